The van der Waals surface area contributed by atoms with Crippen molar-refractivity contribution >= 4 is 28.4 Å². The third-order valence-corrected chi connectivity index (χ3v) is 3.88. The van der Waals surface area contributed by atoms with E-state index in [0.29, 0.717) is 5.69 Å². The Kier molecular flexibility index (Phi) is 3.09. The van der Waals surface area contributed by atoms with E-state index in [1.165, 1.54) is 23.9 Å². The van der Waals surface area contributed by atoms with E-state index in [4.69, 9.17) is 5.73 Å². The van der Waals surface area contributed by atoms with Crippen molar-refractivity contribution in [3.63, 3.8) is 0 Å². The van der Waals surface area contributed by atoms with Crippen molar-refractivity contribution < 1.29 is 4.39 Å². The predicted molar refractivity (Wildman–Crippen MR) is 76.7 cm³/mol. The van der Waals surface area contributed by atoms with Crippen LogP contribution in [0.15, 0.2) is 64.5 Å². The fourth-order valence-electron chi connectivity index (χ4n) is 1.90. The molecule has 0 atom stereocenters. The lowest BCUT2D eigenvalue weighted by molar-refractivity contribution is 0.624. The van der Waals surface area contributed by atoms with Crippen molar-refractivity contribution in [2.75, 3.05) is 5.73 Å². The van der Waals surface area contributed by atoms with Gasteiger partial charge < -0.3 is 5.73 Å². The number of rotatable bonds is 2. The van der Waals surface area contributed by atoms with Gasteiger partial charge in [-0.2, -0.15) is 0 Å². The Balaban J connectivity index is 2.04. The van der Waals surface area contributed by atoms with Crippen molar-refractivity contribution in [1.29, 1.82) is 0 Å². The molecule has 2 aromatic carbocycles. The van der Waals surface area contributed by atoms with E-state index in [9.17, 15) is 4.39 Å². The molecule has 3 rings (SSSR count). The zero-order chi connectivity index (χ0) is 13.2. The monoisotopic (exact) mass is 270 g/mol. The van der Waals surface area contributed by atoms with E-state index < -0.39 is 0 Å². The van der Waals surface area contributed by atoms with Crippen LogP contribution in [0.2, 0.25) is 0 Å². The topological polar surface area (TPSA) is 38.9 Å². The number of benzene rings is 2. The Morgan fingerprint density at radius 3 is 2.79 bits per heavy atom. The summed E-state index contributed by atoms with van der Waals surface area (Å²) < 4.78 is 13.2. The van der Waals surface area contributed by atoms with Gasteiger partial charge in [0, 0.05) is 21.4 Å². The molecule has 0 spiro atoms. The zero-order valence-electron chi connectivity index (χ0n) is 10.0. The van der Waals surface area contributed by atoms with Gasteiger partial charge in [0.1, 0.15) is 5.82 Å². The zero-order valence-corrected chi connectivity index (χ0v) is 10.8. The maximum atomic E-state index is 13.2. The van der Waals surface area contributed by atoms with Crippen LogP contribution in [-0.2, 0) is 0 Å². The van der Waals surface area contributed by atoms with Gasteiger partial charge in [-0.1, -0.05) is 17.8 Å². The third-order valence-electron chi connectivity index (χ3n) is 2.81. The highest BCUT2D eigenvalue weighted by Gasteiger charge is 2.07. The number of aromatic nitrogens is 1. The molecule has 4 heteroatoms. The van der Waals surface area contributed by atoms with E-state index >= 15 is 0 Å². The summed E-state index contributed by atoms with van der Waals surface area (Å²) in [4.78, 5) is 5.99. The molecule has 94 valence electrons. The highest BCUT2D eigenvalue weighted by atomic mass is 32.2. The summed E-state index contributed by atoms with van der Waals surface area (Å²) in [6, 6.07) is 14.1. The molecule has 1 aromatic heterocycles. The van der Waals surface area contributed by atoms with E-state index in [0.717, 1.165) is 20.7 Å². The molecule has 2 nitrogen and oxygen atoms in total. The Morgan fingerprint density at radius 1 is 1.05 bits per heavy atom. The Labute approximate surface area is 114 Å². The normalized spacial score (nSPS) is 10.8. The predicted octanol–water partition coefficient (Wildman–Crippen LogP) is 4.11. The maximum absolute atomic E-state index is 13.2. The molecule has 0 bridgehead atoms. The molecule has 19 heavy (non-hydrogen) atoms. The molecule has 1 heterocycles. The second-order valence-electron chi connectivity index (χ2n) is 4.11. The first-order chi connectivity index (χ1) is 9.24. The van der Waals surface area contributed by atoms with Crippen molar-refractivity contribution in [2.24, 2.45) is 0 Å². The van der Waals surface area contributed by atoms with Crippen molar-refractivity contribution in [2.45, 2.75) is 9.79 Å². The molecule has 0 radical (unpaired) electrons. The maximum Gasteiger partial charge on any atom is 0.124 e. The number of hydrogen-bond acceptors (Lipinski definition) is 3. The fraction of sp³-hybridized carbons (Fsp3) is 0. The van der Waals surface area contributed by atoms with Crippen molar-refractivity contribution in [3.05, 3.63) is 60.5 Å². The van der Waals surface area contributed by atoms with Gasteiger partial charge in [-0.15, -0.1) is 0 Å². The van der Waals surface area contributed by atoms with Gasteiger partial charge >= 0.3 is 0 Å². The van der Waals surface area contributed by atoms with Gasteiger partial charge in [0.25, 0.3) is 0 Å². The third kappa shape index (κ3) is 2.39. The van der Waals surface area contributed by atoms with Crippen molar-refractivity contribution in [3.8, 4) is 0 Å². The Bertz CT molecular complexity index is 743. The lowest BCUT2D eigenvalue weighted by atomic mass is 10.2. The van der Waals surface area contributed by atoms with E-state index in [1.54, 1.807) is 12.3 Å². The van der Waals surface area contributed by atoms with Crippen LogP contribution in [0.3, 0.4) is 0 Å². The molecule has 0 aliphatic heterocycles. The van der Waals surface area contributed by atoms with Gasteiger partial charge in [-0.05, 0) is 42.5 Å². The number of nitrogens with zero attached hydrogens (tertiary/aromatic N) is 1. The molecule has 2 N–H and O–H groups in total. The van der Waals surface area contributed by atoms with Gasteiger partial charge in [0.05, 0.1) is 11.2 Å². The summed E-state index contributed by atoms with van der Waals surface area (Å²) in [5.41, 5.74) is 7.70. The lowest BCUT2D eigenvalue weighted by Crippen LogP contribution is -1.91. The number of halogens is 1. The number of fused-ring (bicyclic) bond motifs is 1. The molecule has 0 unspecified atom stereocenters. The molecule has 0 aliphatic carbocycles. The molecular formula is C15H11FN2S. The second-order valence-corrected chi connectivity index (χ2v) is 5.22. The van der Waals surface area contributed by atoms with Crippen LogP contribution in [0.4, 0.5) is 10.1 Å². The minimum absolute atomic E-state index is 0.244. The lowest BCUT2D eigenvalue weighted by Gasteiger charge is -2.08. The summed E-state index contributed by atoms with van der Waals surface area (Å²) in [5.74, 6) is -0.244. The van der Waals surface area contributed by atoms with E-state index in [2.05, 4.69) is 4.98 Å². The van der Waals surface area contributed by atoms with Crippen molar-refractivity contribution in [1.82, 2.24) is 4.98 Å². The molecule has 0 saturated heterocycles. The number of nitrogen functional groups attached to an aromatic ring is 1. The highest BCUT2D eigenvalue weighted by molar-refractivity contribution is 7.99. The number of pyridine rings is 1. The van der Waals surface area contributed by atoms with Gasteiger partial charge in [-0.25, -0.2) is 4.39 Å². The van der Waals surface area contributed by atoms with Gasteiger partial charge in [0.15, 0.2) is 0 Å². The van der Waals surface area contributed by atoms with E-state index in [1.807, 2.05) is 30.3 Å². The largest absolute Gasteiger partial charge is 0.397 e. The second kappa shape index (κ2) is 4.90. The Morgan fingerprint density at radius 2 is 1.95 bits per heavy atom. The van der Waals surface area contributed by atoms with Crippen LogP contribution >= 0.6 is 11.8 Å². The van der Waals surface area contributed by atoms with Crippen LogP contribution in [-0.4, -0.2) is 4.98 Å². The van der Waals surface area contributed by atoms with Crippen LogP contribution in [0.1, 0.15) is 0 Å². The standard InChI is InChI=1S/C15H11FN2S/c16-10-3-1-4-11(9-10)19-14-7-6-13-12(15(14)17)5-2-8-18-13/h1-9H,17H2. The summed E-state index contributed by atoms with van der Waals surface area (Å²) in [5, 5.41) is 0.920. The number of hydrogen-bond donors (Lipinski definition) is 1. The van der Waals surface area contributed by atoms with Gasteiger partial charge in [-0.3, -0.25) is 4.98 Å². The molecule has 3 aromatic rings. The molecule has 0 fully saturated rings. The van der Waals surface area contributed by atoms with Crippen LogP contribution in [0.25, 0.3) is 10.9 Å². The first-order valence-corrected chi connectivity index (χ1v) is 6.62. The smallest absolute Gasteiger partial charge is 0.124 e. The molecule has 0 saturated carbocycles. The van der Waals surface area contributed by atoms with Crippen LogP contribution in [0, 0.1) is 5.82 Å². The highest BCUT2D eigenvalue weighted by Crippen LogP contribution is 2.35. The Hall–Kier alpha value is -2.07. The summed E-state index contributed by atoms with van der Waals surface area (Å²) in [6.07, 6.45) is 1.74. The van der Waals surface area contributed by atoms with Crippen LogP contribution < -0.4 is 5.73 Å². The fourth-order valence-corrected chi connectivity index (χ4v) is 2.83. The summed E-state index contributed by atoms with van der Waals surface area (Å²) >= 11 is 1.45. The van der Waals surface area contributed by atoms with E-state index in [-0.39, 0.29) is 5.82 Å². The summed E-state index contributed by atoms with van der Waals surface area (Å²) in [7, 11) is 0. The minimum atomic E-state index is -0.244. The average molecular weight is 270 g/mol. The first-order valence-electron chi connectivity index (χ1n) is 5.81. The molecular weight excluding hydrogens is 259 g/mol. The quantitative estimate of drug-likeness (QED) is 0.712. The minimum Gasteiger partial charge on any atom is -0.397 e. The molecule has 0 aliphatic rings. The number of nitrogens with two attached hydrogens (primary N) is 1. The van der Waals surface area contributed by atoms with Crippen LogP contribution in [0.5, 0.6) is 0 Å². The molecule has 0 amide bonds. The summed E-state index contributed by atoms with van der Waals surface area (Å²) in [6.45, 7) is 0. The number of anilines is 1. The van der Waals surface area contributed by atoms with Gasteiger partial charge in [0.2, 0.25) is 0 Å². The first kappa shape index (κ1) is 12.0. The average Bonchev–Trinajstić information content (AvgIpc) is 2.42. The SMILES string of the molecule is Nc1c(Sc2cccc(F)c2)ccc2ncccc12.